The third-order valence-electron chi connectivity index (χ3n) is 5.10. The molecule has 3 aromatic rings. The number of amides is 1. The maximum atomic E-state index is 13.3. The summed E-state index contributed by atoms with van der Waals surface area (Å²) in [5.41, 5.74) is 1.74. The highest BCUT2D eigenvalue weighted by Gasteiger charge is 2.29. The standard InChI is InChI=1S/C23H19Cl2FN2O4S/c24-16-4-10-22(20(25)12-16)32-14-23(29)27-18-7-3-15-2-1-11-28(21(15)13-18)33(30,31)19-8-5-17(26)6-9-19/h3-10,12-13H,1-2,11,14H2,(H,27,29). The van der Waals surface area contributed by atoms with Gasteiger partial charge in [0, 0.05) is 17.3 Å². The zero-order chi connectivity index (χ0) is 23.6. The highest BCUT2D eigenvalue weighted by molar-refractivity contribution is 7.92. The fraction of sp³-hybridized carbons (Fsp3) is 0.174. The van der Waals surface area contributed by atoms with Gasteiger partial charge in [0.15, 0.2) is 6.61 Å². The Morgan fingerprint density at radius 2 is 1.82 bits per heavy atom. The van der Waals surface area contributed by atoms with Gasteiger partial charge in [-0.2, -0.15) is 0 Å². The fourth-order valence-corrected chi connectivity index (χ4v) is 5.53. The van der Waals surface area contributed by atoms with Crippen molar-refractivity contribution in [1.82, 2.24) is 0 Å². The van der Waals surface area contributed by atoms with Gasteiger partial charge in [-0.05, 0) is 73.0 Å². The minimum absolute atomic E-state index is 0.000526. The summed E-state index contributed by atoms with van der Waals surface area (Å²) in [4.78, 5) is 12.4. The van der Waals surface area contributed by atoms with Gasteiger partial charge >= 0.3 is 0 Å². The number of nitrogens with zero attached hydrogens (tertiary/aromatic N) is 1. The van der Waals surface area contributed by atoms with E-state index in [-0.39, 0.29) is 23.1 Å². The summed E-state index contributed by atoms with van der Waals surface area (Å²) in [5, 5.41) is 3.44. The lowest BCUT2D eigenvalue weighted by molar-refractivity contribution is -0.118. The molecule has 0 bridgehead atoms. The number of rotatable bonds is 6. The maximum absolute atomic E-state index is 13.3. The predicted molar refractivity (Wildman–Crippen MR) is 126 cm³/mol. The van der Waals surface area contributed by atoms with Gasteiger partial charge in [-0.15, -0.1) is 0 Å². The number of hydrogen-bond acceptors (Lipinski definition) is 4. The second-order valence-corrected chi connectivity index (χ2v) is 10.1. The summed E-state index contributed by atoms with van der Waals surface area (Å²) >= 11 is 11.9. The lowest BCUT2D eigenvalue weighted by atomic mass is 10.0. The molecule has 1 N–H and O–H groups in total. The Morgan fingerprint density at radius 1 is 1.06 bits per heavy atom. The Kier molecular flexibility index (Phi) is 6.78. The second kappa shape index (κ2) is 9.59. The van der Waals surface area contributed by atoms with Crippen LogP contribution in [0.15, 0.2) is 65.6 Å². The quantitative estimate of drug-likeness (QED) is 0.490. The van der Waals surface area contributed by atoms with Gasteiger partial charge < -0.3 is 10.1 Å². The van der Waals surface area contributed by atoms with Crippen LogP contribution in [-0.4, -0.2) is 27.5 Å². The topological polar surface area (TPSA) is 75.7 Å². The Labute approximate surface area is 200 Å². The Hall–Kier alpha value is -2.81. The summed E-state index contributed by atoms with van der Waals surface area (Å²) in [5.74, 6) is -0.636. The van der Waals surface area contributed by atoms with E-state index >= 15 is 0 Å². The van der Waals surface area contributed by atoms with Crippen molar-refractivity contribution in [3.05, 3.63) is 82.1 Å². The molecule has 0 saturated heterocycles. The maximum Gasteiger partial charge on any atom is 0.264 e. The highest BCUT2D eigenvalue weighted by atomic mass is 35.5. The van der Waals surface area contributed by atoms with Crippen LogP contribution < -0.4 is 14.4 Å². The Morgan fingerprint density at radius 3 is 2.55 bits per heavy atom. The van der Waals surface area contributed by atoms with Crippen LogP contribution in [0.1, 0.15) is 12.0 Å². The van der Waals surface area contributed by atoms with Crippen molar-refractivity contribution in [1.29, 1.82) is 0 Å². The number of halogens is 3. The molecule has 33 heavy (non-hydrogen) atoms. The van der Waals surface area contributed by atoms with Gasteiger partial charge in [0.05, 0.1) is 15.6 Å². The summed E-state index contributed by atoms with van der Waals surface area (Å²) in [7, 11) is -3.89. The van der Waals surface area contributed by atoms with Gasteiger partial charge in [0.2, 0.25) is 0 Å². The number of benzene rings is 3. The van der Waals surface area contributed by atoms with Gasteiger partial charge in [0.1, 0.15) is 11.6 Å². The van der Waals surface area contributed by atoms with Crippen LogP contribution in [0.5, 0.6) is 5.75 Å². The molecule has 0 unspecified atom stereocenters. The molecule has 0 fully saturated rings. The van der Waals surface area contributed by atoms with Crippen LogP contribution in [0.3, 0.4) is 0 Å². The van der Waals surface area contributed by atoms with Crippen molar-refractivity contribution < 1.29 is 22.3 Å². The van der Waals surface area contributed by atoms with E-state index in [4.69, 9.17) is 27.9 Å². The van der Waals surface area contributed by atoms with E-state index < -0.39 is 21.7 Å². The number of carbonyl (C=O) groups excluding carboxylic acids is 1. The van der Waals surface area contributed by atoms with Gasteiger partial charge in [0.25, 0.3) is 15.9 Å². The molecule has 4 rings (SSSR count). The molecule has 0 aromatic heterocycles. The zero-order valence-corrected chi connectivity index (χ0v) is 19.6. The number of carbonyl (C=O) groups is 1. The van der Waals surface area contributed by atoms with Crippen LogP contribution in [0.25, 0.3) is 0 Å². The van der Waals surface area contributed by atoms with Crippen molar-refractivity contribution in [2.75, 3.05) is 22.8 Å². The number of fused-ring (bicyclic) bond motifs is 1. The molecule has 3 aromatic carbocycles. The highest BCUT2D eigenvalue weighted by Crippen LogP contribution is 2.34. The molecular formula is C23H19Cl2FN2O4S. The van der Waals surface area contributed by atoms with Crippen molar-refractivity contribution in [2.45, 2.75) is 17.7 Å². The first-order chi connectivity index (χ1) is 15.7. The first-order valence-corrected chi connectivity index (χ1v) is 12.2. The van der Waals surface area contributed by atoms with Crippen LogP contribution in [-0.2, 0) is 21.2 Å². The lowest BCUT2D eigenvalue weighted by Crippen LogP contribution is -2.35. The first kappa shape index (κ1) is 23.4. The SMILES string of the molecule is O=C(COc1ccc(Cl)cc1Cl)Nc1ccc2c(c1)N(S(=O)(=O)c1ccc(F)cc1)CCC2. The van der Waals surface area contributed by atoms with Gasteiger partial charge in [-0.1, -0.05) is 29.3 Å². The first-order valence-electron chi connectivity index (χ1n) is 10.0. The summed E-state index contributed by atoms with van der Waals surface area (Å²) in [6, 6.07) is 14.5. The average Bonchev–Trinajstić information content (AvgIpc) is 2.78. The van der Waals surface area contributed by atoms with Crippen LogP contribution in [0.2, 0.25) is 10.0 Å². The third-order valence-corrected chi connectivity index (χ3v) is 7.46. The van der Waals surface area contributed by atoms with E-state index in [9.17, 15) is 17.6 Å². The number of aryl methyl sites for hydroxylation is 1. The molecule has 6 nitrogen and oxygen atoms in total. The van der Waals surface area contributed by atoms with E-state index in [0.29, 0.717) is 35.0 Å². The molecule has 0 saturated carbocycles. The zero-order valence-electron chi connectivity index (χ0n) is 17.2. The molecule has 0 aliphatic carbocycles. The Balaban J connectivity index is 1.52. The van der Waals surface area contributed by atoms with Crippen molar-refractivity contribution in [3.63, 3.8) is 0 Å². The average molecular weight is 509 g/mol. The van der Waals surface area contributed by atoms with Gasteiger partial charge in [-0.25, -0.2) is 12.8 Å². The third kappa shape index (κ3) is 5.24. The smallest absolute Gasteiger partial charge is 0.264 e. The molecule has 0 radical (unpaired) electrons. The molecule has 1 aliphatic rings. The number of anilines is 2. The Bertz CT molecular complexity index is 1300. The number of nitrogens with one attached hydrogen (secondary N) is 1. The monoisotopic (exact) mass is 508 g/mol. The van der Waals surface area contributed by atoms with Gasteiger partial charge in [-0.3, -0.25) is 9.10 Å². The van der Waals surface area contributed by atoms with E-state index in [1.54, 1.807) is 30.3 Å². The summed E-state index contributed by atoms with van der Waals surface area (Å²) < 4.78 is 46.4. The molecule has 172 valence electrons. The number of hydrogen-bond donors (Lipinski definition) is 1. The summed E-state index contributed by atoms with van der Waals surface area (Å²) in [6.07, 6.45) is 1.35. The molecule has 1 amide bonds. The minimum atomic E-state index is -3.89. The lowest BCUT2D eigenvalue weighted by Gasteiger charge is -2.31. The van der Waals surface area contributed by atoms with E-state index in [2.05, 4.69) is 5.32 Å². The van der Waals surface area contributed by atoms with Crippen molar-refractivity contribution in [2.24, 2.45) is 0 Å². The molecule has 1 aliphatic heterocycles. The predicted octanol–water partition coefficient (Wildman–Crippen LogP) is 5.29. The van der Waals surface area contributed by atoms with Crippen LogP contribution >= 0.6 is 23.2 Å². The molecular weight excluding hydrogens is 490 g/mol. The van der Waals surface area contributed by atoms with E-state index in [1.165, 1.54) is 22.5 Å². The molecule has 0 spiro atoms. The minimum Gasteiger partial charge on any atom is -0.482 e. The van der Waals surface area contributed by atoms with E-state index in [0.717, 1.165) is 17.7 Å². The fourth-order valence-electron chi connectivity index (χ4n) is 3.53. The molecule has 1 heterocycles. The second-order valence-electron chi connectivity index (χ2n) is 7.39. The summed E-state index contributed by atoms with van der Waals surface area (Å²) in [6.45, 7) is -0.0156. The normalized spacial score (nSPS) is 13.4. The number of ether oxygens (including phenoxy) is 1. The number of sulfonamides is 1. The van der Waals surface area contributed by atoms with Crippen molar-refractivity contribution >= 4 is 50.5 Å². The molecule has 0 atom stereocenters. The van der Waals surface area contributed by atoms with Crippen LogP contribution in [0.4, 0.5) is 15.8 Å². The largest absolute Gasteiger partial charge is 0.482 e. The van der Waals surface area contributed by atoms with Crippen LogP contribution in [0, 0.1) is 5.82 Å². The van der Waals surface area contributed by atoms with E-state index in [1.807, 2.05) is 0 Å². The van der Waals surface area contributed by atoms with Crippen molar-refractivity contribution in [3.8, 4) is 5.75 Å². The molecule has 10 heteroatoms.